The monoisotopic (exact) mass is 628 g/mol. The molecule has 0 saturated heterocycles. The van der Waals surface area contributed by atoms with Crippen LogP contribution in [0.1, 0.15) is 11.1 Å². The van der Waals surface area contributed by atoms with E-state index in [0.717, 1.165) is 33.4 Å². The van der Waals surface area contributed by atoms with E-state index in [0.29, 0.717) is 40.0 Å². The summed E-state index contributed by atoms with van der Waals surface area (Å²) >= 11 is 0. The van der Waals surface area contributed by atoms with Crippen LogP contribution in [0.4, 0.5) is 0 Å². The lowest BCUT2D eigenvalue weighted by molar-refractivity contribution is 0.396. The summed E-state index contributed by atoms with van der Waals surface area (Å²) in [7, 11) is -7.61. The van der Waals surface area contributed by atoms with Crippen molar-refractivity contribution in [2.45, 2.75) is 6.42 Å². The lowest BCUT2D eigenvalue weighted by atomic mass is 10.0. The average Bonchev–Trinajstić information content (AvgIpc) is 3.07. The van der Waals surface area contributed by atoms with E-state index in [9.17, 15) is 9.13 Å². The van der Waals surface area contributed by atoms with Gasteiger partial charge in [0.1, 0.15) is 23.0 Å². The van der Waals surface area contributed by atoms with Crippen molar-refractivity contribution in [2.24, 2.45) is 0 Å². The molecule has 0 radical (unpaired) electrons. The van der Waals surface area contributed by atoms with E-state index in [1.807, 2.05) is 109 Å². The molecule has 0 N–H and O–H groups in total. The summed E-state index contributed by atoms with van der Waals surface area (Å²) < 4.78 is 53.8. The van der Waals surface area contributed by atoms with E-state index in [2.05, 4.69) is 0 Å². The highest BCUT2D eigenvalue weighted by atomic mass is 31.2. The van der Waals surface area contributed by atoms with E-state index >= 15 is 0 Å². The Morgan fingerprint density at radius 2 is 0.778 bits per heavy atom. The molecule has 2 aliphatic heterocycles. The van der Waals surface area contributed by atoms with Crippen molar-refractivity contribution in [1.82, 2.24) is 0 Å². The van der Waals surface area contributed by atoms with Crippen LogP contribution >= 0.6 is 15.2 Å². The van der Waals surface area contributed by atoms with E-state index in [-0.39, 0.29) is 0 Å². The summed E-state index contributed by atoms with van der Waals surface area (Å²) in [5, 5.41) is 1.02. The highest BCUT2D eigenvalue weighted by Crippen LogP contribution is 2.57. The molecular formula is C37H26O6P2. The van der Waals surface area contributed by atoms with E-state index in [1.54, 1.807) is 36.4 Å². The van der Waals surface area contributed by atoms with Crippen LogP contribution in [0, 0.1) is 0 Å². The standard InChI is InChI=1S/C37H26O6P2/c38-44(36-23-11-5-17-30(36)28-15-3-9-21-34(28)42-44)40-32-19-7-1-13-26(32)25-27-14-2-8-20-33(27)41-45(39)37-24-12-6-18-31(37)29-16-4-10-22-35(29)43-45/h1-24H,25H2. The van der Waals surface area contributed by atoms with E-state index in [4.69, 9.17) is 18.1 Å². The zero-order valence-corrected chi connectivity index (χ0v) is 25.7. The fourth-order valence-electron chi connectivity index (χ4n) is 5.85. The molecule has 2 atom stereocenters. The van der Waals surface area contributed by atoms with Crippen molar-refractivity contribution in [3.8, 4) is 45.3 Å². The first-order valence-electron chi connectivity index (χ1n) is 14.5. The molecule has 8 heteroatoms. The van der Waals surface area contributed by atoms with Gasteiger partial charge < -0.3 is 18.1 Å². The van der Waals surface area contributed by atoms with Crippen molar-refractivity contribution in [1.29, 1.82) is 0 Å². The maximum absolute atomic E-state index is 14.5. The molecule has 6 aromatic carbocycles. The van der Waals surface area contributed by atoms with Crippen LogP contribution < -0.4 is 28.7 Å². The van der Waals surface area contributed by atoms with E-state index < -0.39 is 15.2 Å². The van der Waals surface area contributed by atoms with Gasteiger partial charge in [0.15, 0.2) is 0 Å². The number of fused-ring (bicyclic) bond motifs is 6. The summed E-state index contributed by atoms with van der Waals surface area (Å²) in [4.78, 5) is 0. The highest BCUT2D eigenvalue weighted by molar-refractivity contribution is 7.63. The third kappa shape index (κ3) is 4.84. The normalized spacial score (nSPS) is 19.0. The van der Waals surface area contributed by atoms with Gasteiger partial charge >= 0.3 is 15.2 Å². The zero-order chi connectivity index (χ0) is 30.4. The molecular weight excluding hydrogens is 602 g/mol. The number of hydrogen-bond donors (Lipinski definition) is 0. The molecule has 0 aromatic heterocycles. The van der Waals surface area contributed by atoms with Crippen LogP contribution in [0.2, 0.25) is 0 Å². The largest absolute Gasteiger partial charge is 0.463 e. The summed E-state index contributed by atoms with van der Waals surface area (Å²) in [5.74, 6) is 1.86. The molecule has 0 amide bonds. The van der Waals surface area contributed by atoms with Gasteiger partial charge in [0.25, 0.3) is 0 Å². The molecule has 6 aromatic rings. The third-order valence-electron chi connectivity index (χ3n) is 7.95. The summed E-state index contributed by atoms with van der Waals surface area (Å²) in [6.07, 6.45) is 0.350. The molecule has 6 nitrogen and oxygen atoms in total. The maximum Gasteiger partial charge on any atom is 0.463 e. The van der Waals surface area contributed by atoms with E-state index in [1.165, 1.54) is 0 Å². The molecule has 0 bridgehead atoms. The Kier molecular flexibility index (Phi) is 6.64. The van der Waals surface area contributed by atoms with Gasteiger partial charge in [-0.1, -0.05) is 109 Å². The molecule has 2 heterocycles. The molecule has 220 valence electrons. The van der Waals surface area contributed by atoms with Gasteiger partial charge in [0.2, 0.25) is 0 Å². The first kappa shape index (κ1) is 27.5. The van der Waals surface area contributed by atoms with Crippen molar-refractivity contribution >= 4 is 25.8 Å². The first-order chi connectivity index (χ1) is 22.0. The Morgan fingerprint density at radius 1 is 0.422 bits per heavy atom. The number of hydrogen-bond acceptors (Lipinski definition) is 6. The van der Waals surface area contributed by atoms with Gasteiger partial charge in [-0.15, -0.1) is 0 Å². The molecule has 2 aliphatic rings. The smallest absolute Gasteiger partial charge is 0.412 e. The molecule has 0 aliphatic carbocycles. The molecule has 8 rings (SSSR count). The Bertz CT molecular complexity index is 2040. The van der Waals surface area contributed by atoms with Crippen LogP contribution in [0.25, 0.3) is 22.3 Å². The van der Waals surface area contributed by atoms with Gasteiger partial charge in [-0.25, -0.2) is 9.13 Å². The molecule has 45 heavy (non-hydrogen) atoms. The Labute approximate surface area is 260 Å². The average molecular weight is 629 g/mol. The van der Waals surface area contributed by atoms with Crippen molar-refractivity contribution in [3.63, 3.8) is 0 Å². The predicted octanol–water partition coefficient (Wildman–Crippen LogP) is 9.19. The van der Waals surface area contributed by atoms with Crippen molar-refractivity contribution in [2.75, 3.05) is 0 Å². The highest BCUT2D eigenvalue weighted by Gasteiger charge is 2.41. The number of rotatable bonds is 6. The minimum absolute atomic E-state index is 0.350. The second-order valence-corrected chi connectivity index (χ2v) is 14.5. The topological polar surface area (TPSA) is 71.1 Å². The van der Waals surface area contributed by atoms with Crippen LogP contribution in [0.15, 0.2) is 146 Å². The minimum atomic E-state index is -3.80. The second kappa shape index (κ2) is 10.9. The van der Waals surface area contributed by atoms with Gasteiger partial charge in [-0.05, 0) is 47.5 Å². The summed E-state index contributed by atoms with van der Waals surface area (Å²) in [6.45, 7) is 0. The lowest BCUT2D eigenvalue weighted by Crippen LogP contribution is -2.21. The molecule has 0 spiro atoms. The van der Waals surface area contributed by atoms with Crippen LogP contribution in [0.5, 0.6) is 23.0 Å². The van der Waals surface area contributed by atoms with Gasteiger partial charge in [0.05, 0.1) is 10.6 Å². The Morgan fingerprint density at radius 3 is 1.24 bits per heavy atom. The van der Waals surface area contributed by atoms with Crippen LogP contribution in [0.3, 0.4) is 0 Å². The fourth-order valence-corrected chi connectivity index (χ4v) is 9.55. The SMILES string of the molecule is O=P1(Oc2ccccc2Cc2ccccc2OP2(=O)Oc3ccccc3-c3ccccc32)Oc2ccccc2-c2ccccc21. The summed E-state index contributed by atoms with van der Waals surface area (Å²) in [6, 6.07) is 44.8. The van der Waals surface area contributed by atoms with Crippen molar-refractivity contribution in [3.05, 3.63) is 157 Å². The maximum atomic E-state index is 14.5. The minimum Gasteiger partial charge on any atom is -0.412 e. The second-order valence-electron chi connectivity index (χ2n) is 10.8. The quantitative estimate of drug-likeness (QED) is 0.171. The summed E-state index contributed by atoms with van der Waals surface area (Å²) in [5.41, 5.74) is 4.89. The van der Waals surface area contributed by atoms with Gasteiger partial charge in [0, 0.05) is 28.7 Å². The fraction of sp³-hybridized carbons (Fsp3) is 0.0270. The first-order valence-corrected chi connectivity index (χ1v) is 17.6. The molecule has 2 unspecified atom stereocenters. The lowest BCUT2D eigenvalue weighted by Gasteiger charge is -2.29. The van der Waals surface area contributed by atoms with Crippen molar-refractivity contribution < 1.29 is 27.2 Å². The Balaban J connectivity index is 1.13. The van der Waals surface area contributed by atoms with Crippen LogP contribution in [-0.4, -0.2) is 0 Å². The zero-order valence-electron chi connectivity index (χ0n) is 23.9. The van der Waals surface area contributed by atoms with Gasteiger partial charge in [-0.2, -0.15) is 0 Å². The molecule has 0 saturated carbocycles. The Hall–Kier alpha value is -5.02. The predicted molar refractivity (Wildman–Crippen MR) is 176 cm³/mol. The number of para-hydroxylation sites is 4. The van der Waals surface area contributed by atoms with Crippen LogP contribution in [-0.2, 0) is 15.6 Å². The molecule has 0 fully saturated rings. The van der Waals surface area contributed by atoms with Gasteiger partial charge in [-0.3, -0.25) is 0 Å². The third-order valence-corrected chi connectivity index (χ3v) is 11.7. The number of benzene rings is 6.